The molecule has 0 aromatic heterocycles. The van der Waals surface area contributed by atoms with E-state index >= 15 is 0 Å². The van der Waals surface area contributed by atoms with Crippen LogP contribution >= 0.6 is 0 Å². The Morgan fingerprint density at radius 2 is 1.55 bits per heavy atom. The van der Waals surface area contributed by atoms with Crippen molar-refractivity contribution >= 4 is 5.69 Å². The van der Waals surface area contributed by atoms with E-state index in [-0.39, 0.29) is 5.41 Å². The van der Waals surface area contributed by atoms with Crippen LogP contribution in [0, 0.1) is 0 Å². The molecule has 0 aliphatic heterocycles. The number of ether oxygens (including phenoxy) is 1. The number of hydrogen-bond donors (Lipinski definition) is 0. The molecule has 2 rings (SSSR count). The third-order valence-electron chi connectivity index (χ3n) is 3.85. The fraction of sp³-hybridized carbons (Fsp3) is 0.400. The highest BCUT2D eigenvalue weighted by atomic mass is 16.5. The van der Waals surface area contributed by atoms with Crippen LogP contribution in [0.4, 0.5) is 5.69 Å². The summed E-state index contributed by atoms with van der Waals surface area (Å²) in [7, 11) is 0. The number of benzene rings is 2. The Labute approximate surface area is 134 Å². The maximum Gasteiger partial charge on any atom is 0.119 e. The highest BCUT2D eigenvalue weighted by molar-refractivity contribution is 5.45. The Morgan fingerprint density at radius 1 is 0.909 bits per heavy atom. The van der Waals surface area contributed by atoms with E-state index in [0.717, 1.165) is 18.8 Å². The lowest BCUT2D eigenvalue weighted by molar-refractivity contribution is 0.324. The number of hydrogen-bond acceptors (Lipinski definition) is 2. The van der Waals surface area contributed by atoms with Crippen LogP contribution in [-0.2, 0) is 5.41 Å². The summed E-state index contributed by atoms with van der Waals surface area (Å²) in [5.41, 5.74) is 2.76. The zero-order valence-electron chi connectivity index (χ0n) is 14.2. The lowest BCUT2D eigenvalue weighted by atomic mass is 9.87. The van der Waals surface area contributed by atoms with Crippen molar-refractivity contribution < 1.29 is 4.74 Å². The topological polar surface area (TPSA) is 12.5 Å². The van der Waals surface area contributed by atoms with Gasteiger partial charge in [-0.1, -0.05) is 51.1 Å². The first-order valence-electron chi connectivity index (χ1n) is 8.04. The summed E-state index contributed by atoms with van der Waals surface area (Å²) < 4.78 is 5.89. The molecule has 0 N–H and O–H groups in total. The molecule has 0 unspecified atom stereocenters. The van der Waals surface area contributed by atoms with Crippen molar-refractivity contribution in [3.05, 3.63) is 60.2 Å². The normalized spacial score (nSPS) is 11.3. The molecule has 0 aliphatic carbocycles. The molecule has 0 bridgehead atoms. The molecule has 0 saturated heterocycles. The zero-order chi connectivity index (χ0) is 16.0. The minimum Gasteiger partial charge on any atom is -0.492 e. The molecule has 0 spiro atoms. The van der Waals surface area contributed by atoms with Crippen molar-refractivity contribution in [2.24, 2.45) is 0 Å². The number of para-hydroxylation sites is 1. The van der Waals surface area contributed by atoms with Gasteiger partial charge in [0.1, 0.15) is 12.4 Å². The summed E-state index contributed by atoms with van der Waals surface area (Å²) in [5.74, 6) is 0.942. The van der Waals surface area contributed by atoms with Gasteiger partial charge in [-0.2, -0.15) is 0 Å². The summed E-state index contributed by atoms with van der Waals surface area (Å²) in [6.07, 6.45) is 0. The molecule has 118 valence electrons. The maximum absolute atomic E-state index is 5.89. The van der Waals surface area contributed by atoms with E-state index < -0.39 is 0 Å². The molecule has 0 aliphatic rings. The summed E-state index contributed by atoms with van der Waals surface area (Å²) in [4.78, 5) is 2.32. The van der Waals surface area contributed by atoms with Crippen LogP contribution in [-0.4, -0.2) is 19.7 Å². The van der Waals surface area contributed by atoms with E-state index in [2.05, 4.69) is 81.1 Å². The number of likely N-dealkylation sites (N-methyl/N-ethyl adjacent to an activating group) is 1. The second-order valence-corrected chi connectivity index (χ2v) is 6.54. The van der Waals surface area contributed by atoms with E-state index in [1.54, 1.807) is 0 Å². The van der Waals surface area contributed by atoms with E-state index in [1.807, 2.05) is 6.07 Å². The molecule has 0 heterocycles. The first kappa shape index (κ1) is 16.4. The Morgan fingerprint density at radius 3 is 2.09 bits per heavy atom. The van der Waals surface area contributed by atoms with Crippen LogP contribution in [0.15, 0.2) is 54.6 Å². The average molecular weight is 297 g/mol. The lowest BCUT2D eigenvalue weighted by Gasteiger charge is -2.23. The van der Waals surface area contributed by atoms with E-state index in [4.69, 9.17) is 4.74 Å². The largest absolute Gasteiger partial charge is 0.492 e. The molecular formula is C20H27NO. The quantitative estimate of drug-likeness (QED) is 0.752. The van der Waals surface area contributed by atoms with Crippen molar-refractivity contribution in [2.45, 2.75) is 33.1 Å². The molecule has 2 heteroatoms. The average Bonchev–Trinajstić information content (AvgIpc) is 2.52. The molecular weight excluding hydrogens is 270 g/mol. The third kappa shape index (κ3) is 4.52. The summed E-state index contributed by atoms with van der Waals surface area (Å²) in [6.45, 7) is 11.4. The summed E-state index contributed by atoms with van der Waals surface area (Å²) in [5, 5.41) is 0. The summed E-state index contributed by atoms with van der Waals surface area (Å²) >= 11 is 0. The van der Waals surface area contributed by atoms with E-state index in [1.165, 1.54) is 11.3 Å². The fourth-order valence-electron chi connectivity index (χ4n) is 2.43. The molecule has 2 aromatic carbocycles. The molecule has 2 nitrogen and oxygen atoms in total. The first-order valence-corrected chi connectivity index (χ1v) is 8.04. The van der Waals surface area contributed by atoms with Crippen molar-refractivity contribution in [3.8, 4) is 5.75 Å². The minimum absolute atomic E-state index is 0.185. The predicted octanol–water partition coefficient (Wildman–Crippen LogP) is 4.89. The second kappa shape index (κ2) is 7.35. The van der Waals surface area contributed by atoms with Crippen LogP contribution in [0.3, 0.4) is 0 Å². The van der Waals surface area contributed by atoms with Crippen molar-refractivity contribution in [1.29, 1.82) is 0 Å². The molecule has 0 radical (unpaired) electrons. The Kier molecular flexibility index (Phi) is 5.48. The van der Waals surface area contributed by atoms with Crippen LogP contribution in [0.25, 0.3) is 0 Å². The smallest absolute Gasteiger partial charge is 0.119 e. The van der Waals surface area contributed by atoms with Gasteiger partial charge >= 0.3 is 0 Å². The van der Waals surface area contributed by atoms with Gasteiger partial charge in [0.25, 0.3) is 0 Å². The first-order chi connectivity index (χ1) is 10.5. The Bertz CT molecular complexity index is 555. The minimum atomic E-state index is 0.185. The van der Waals surface area contributed by atoms with Crippen LogP contribution in [0.1, 0.15) is 33.3 Å². The molecule has 0 fully saturated rings. The lowest BCUT2D eigenvalue weighted by Crippen LogP contribution is -2.27. The van der Waals surface area contributed by atoms with Gasteiger partial charge in [0.05, 0.1) is 6.54 Å². The van der Waals surface area contributed by atoms with E-state index in [9.17, 15) is 0 Å². The molecule has 22 heavy (non-hydrogen) atoms. The van der Waals surface area contributed by atoms with Gasteiger partial charge in [-0.25, -0.2) is 0 Å². The molecule has 0 atom stereocenters. The Balaban J connectivity index is 1.88. The van der Waals surface area contributed by atoms with Crippen LogP contribution < -0.4 is 9.64 Å². The highest BCUT2D eigenvalue weighted by Crippen LogP contribution is 2.24. The molecule has 0 saturated carbocycles. The second-order valence-electron chi connectivity index (χ2n) is 6.54. The van der Waals surface area contributed by atoms with Crippen LogP contribution in [0.5, 0.6) is 5.75 Å². The van der Waals surface area contributed by atoms with Gasteiger partial charge in [0.15, 0.2) is 0 Å². The van der Waals surface area contributed by atoms with E-state index in [0.29, 0.717) is 6.61 Å². The van der Waals surface area contributed by atoms with Crippen molar-refractivity contribution in [1.82, 2.24) is 0 Å². The Hall–Kier alpha value is -1.96. The molecule has 0 amide bonds. The van der Waals surface area contributed by atoms with Crippen molar-refractivity contribution in [3.63, 3.8) is 0 Å². The predicted molar refractivity (Wildman–Crippen MR) is 95.0 cm³/mol. The van der Waals surface area contributed by atoms with Gasteiger partial charge in [-0.05, 0) is 42.2 Å². The van der Waals surface area contributed by atoms with Crippen LogP contribution in [0.2, 0.25) is 0 Å². The fourth-order valence-corrected chi connectivity index (χ4v) is 2.43. The highest BCUT2D eigenvalue weighted by Gasteiger charge is 2.13. The van der Waals surface area contributed by atoms with Crippen molar-refractivity contribution in [2.75, 3.05) is 24.6 Å². The standard InChI is InChI=1S/C20H27NO/c1-5-21(18-9-7-6-8-10-18)15-16-22-19-13-11-17(12-14-19)20(2,3)4/h6-14H,5,15-16H2,1-4H3. The van der Waals surface area contributed by atoms with Gasteiger partial charge in [0.2, 0.25) is 0 Å². The van der Waals surface area contributed by atoms with Gasteiger partial charge < -0.3 is 9.64 Å². The maximum atomic E-state index is 5.89. The number of anilines is 1. The van der Waals surface area contributed by atoms with Gasteiger partial charge in [0, 0.05) is 12.2 Å². The van der Waals surface area contributed by atoms with Gasteiger partial charge in [-0.15, -0.1) is 0 Å². The SMILES string of the molecule is CCN(CCOc1ccc(C(C)(C)C)cc1)c1ccccc1. The number of nitrogens with zero attached hydrogens (tertiary/aromatic N) is 1. The number of rotatable bonds is 6. The molecule has 2 aromatic rings. The zero-order valence-corrected chi connectivity index (χ0v) is 14.2. The summed E-state index contributed by atoms with van der Waals surface area (Å²) in [6, 6.07) is 18.9. The monoisotopic (exact) mass is 297 g/mol. The van der Waals surface area contributed by atoms with Gasteiger partial charge in [-0.3, -0.25) is 0 Å². The third-order valence-corrected chi connectivity index (χ3v) is 3.85.